The Morgan fingerprint density at radius 2 is 2.21 bits per heavy atom. The van der Waals surface area contributed by atoms with Crippen molar-refractivity contribution in [3.05, 3.63) is 35.6 Å². The number of carbonyl (C=O) groups is 1. The van der Waals surface area contributed by atoms with Gasteiger partial charge in [-0.25, -0.2) is 4.39 Å². The second kappa shape index (κ2) is 6.15. The number of piperazine rings is 1. The Bertz CT molecular complexity index is 448. The van der Waals surface area contributed by atoms with Crippen molar-refractivity contribution in [1.29, 1.82) is 0 Å². The highest BCUT2D eigenvalue weighted by Gasteiger charge is 2.25. The number of hydrogen-bond donors (Lipinski definition) is 1. The number of amides is 1. The predicted octanol–water partition coefficient (Wildman–Crippen LogP) is 2.29. The predicted molar refractivity (Wildman–Crippen MR) is 73.5 cm³/mol. The van der Waals surface area contributed by atoms with E-state index in [0.717, 1.165) is 13.0 Å². The summed E-state index contributed by atoms with van der Waals surface area (Å²) >= 11 is 0. The first-order chi connectivity index (χ1) is 9.08. The lowest BCUT2D eigenvalue weighted by molar-refractivity contribution is 0.0689. The van der Waals surface area contributed by atoms with Gasteiger partial charge in [-0.15, -0.1) is 0 Å². The first-order valence-electron chi connectivity index (χ1n) is 6.85. The van der Waals surface area contributed by atoms with Crippen molar-refractivity contribution in [2.24, 2.45) is 5.92 Å². The van der Waals surface area contributed by atoms with Gasteiger partial charge in [-0.2, -0.15) is 0 Å². The van der Waals surface area contributed by atoms with Gasteiger partial charge < -0.3 is 10.2 Å². The van der Waals surface area contributed by atoms with Crippen LogP contribution in [0.25, 0.3) is 0 Å². The first-order valence-corrected chi connectivity index (χ1v) is 6.85. The number of benzene rings is 1. The molecule has 19 heavy (non-hydrogen) atoms. The molecule has 0 aliphatic carbocycles. The van der Waals surface area contributed by atoms with Crippen LogP contribution >= 0.6 is 0 Å². The first kappa shape index (κ1) is 14.0. The van der Waals surface area contributed by atoms with Crippen LogP contribution in [-0.2, 0) is 0 Å². The molecule has 0 spiro atoms. The van der Waals surface area contributed by atoms with E-state index in [-0.39, 0.29) is 11.5 Å². The fourth-order valence-corrected chi connectivity index (χ4v) is 2.54. The van der Waals surface area contributed by atoms with Gasteiger partial charge in [-0.3, -0.25) is 4.79 Å². The van der Waals surface area contributed by atoms with E-state index in [1.807, 2.05) is 0 Å². The molecule has 1 atom stereocenters. The molecule has 0 radical (unpaired) electrons. The monoisotopic (exact) mass is 264 g/mol. The molecule has 2 rings (SSSR count). The minimum Gasteiger partial charge on any atom is -0.336 e. The van der Waals surface area contributed by atoms with Crippen LogP contribution in [0.15, 0.2) is 24.3 Å². The van der Waals surface area contributed by atoms with Gasteiger partial charge in [0.25, 0.3) is 5.91 Å². The Labute approximate surface area is 113 Å². The van der Waals surface area contributed by atoms with Gasteiger partial charge in [-0.1, -0.05) is 26.0 Å². The van der Waals surface area contributed by atoms with Crippen LogP contribution in [0.2, 0.25) is 0 Å². The third-order valence-electron chi connectivity index (χ3n) is 3.40. The molecular formula is C15H21FN2O. The van der Waals surface area contributed by atoms with Crippen LogP contribution in [0.1, 0.15) is 30.6 Å². The minimum absolute atomic E-state index is 0.174. The lowest BCUT2D eigenvalue weighted by Crippen LogP contribution is -2.53. The lowest BCUT2D eigenvalue weighted by atomic mass is 10.0. The molecule has 1 aliphatic rings. The second-order valence-electron chi connectivity index (χ2n) is 5.51. The molecule has 1 unspecified atom stereocenters. The topological polar surface area (TPSA) is 32.3 Å². The number of carbonyl (C=O) groups excluding carboxylic acids is 1. The Morgan fingerprint density at radius 3 is 2.89 bits per heavy atom. The summed E-state index contributed by atoms with van der Waals surface area (Å²) in [4.78, 5) is 14.1. The quantitative estimate of drug-likeness (QED) is 0.908. The molecule has 1 amide bonds. The highest BCUT2D eigenvalue weighted by Crippen LogP contribution is 2.14. The van der Waals surface area contributed by atoms with E-state index in [4.69, 9.17) is 0 Å². The average molecular weight is 264 g/mol. The fourth-order valence-electron chi connectivity index (χ4n) is 2.54. The van der Waals surface area contributed by atoms with Gasteiger partial charge >= 0.3 is 0 Å². The lowest BCUT2D eigenvalue weighted by Gasteiger charge is -2.34. The van der Waals surface area contributed by atoms with Crippen molar-refractivity contribution in [2.45, 2.75) is 26.3 Å². The van der Waals surface area contributed by atoms with Crippen molar-refractivity contribution < 1.29 is 9.18 Å². The summed E-state index contributed by atoms with van der Waals surface area (Å²) in [5.41, 5.74) is 0.174. The third kappa shape index (κ3) is 3.53. The third-order valence-corrected chi connectivity index (χ3v) is 3.40. The standard InChI is InChI=1S/C15H21FN2O/c1-11(2)9-12-10-18(8-7-17-12)15(19)13-5-3-4-6-14(13)16/h3-6,11-12,17H,7-10H2,1-2H3. The molecule has 3 nitrogen and oxygen atoms in total. The summed E-state index contributed by atoms with van der Waals surface area (Å²) in [7, 11) is 0. The molecule has 1 heterocycles. The number of halogens is 1. The largest absolute Gasteiger partial charge is 0.336 e. The zero-order chi connectivity index (χ0) is 13.8. The number of nitrogens with one attached hydrogen (secondary N) is 1. The highest BCUT2D eigenvalue weighted by atomic mass is 19.1. The van der Waals surface area contributed by atoms with Crippen LogP contribution in [0.5, 0.6) is 0 Å². The van der Waals surface area contributed by atoms with E-state index in [9.17, 15) is 9.18 Å². The molecule has 1 aromatic rings. The maximum Gasteiger partial charge on any atom is 0.256 e. The molecule has 0 bridgehead atoms. The average Bonchev–Trinajstić information content (AvgIpc) is 2.38. The van der Waals surface area contributed by atoms with Gasteiger partial charge in [0.15, 0.2) is 0 Å². The maximum absolute atomic E-state index is 13.6. The molecule has 1 aromatic carbocycles. The molecule has 1 saturated heterocycles. The normalized spacial score (nSPS) is 19.8. The van der Waals surface area contributed by atoms with Crippen LogP contribution in [-0.4, -0.2) is 36.5 Å². The number of nitrogens with zero attached hydrogens (tertiary/aromatic N) is 1. The molecule has 0 aromatic heterocycles. The molecule has 1 fully saturated rings. The van der Waals surface area contributed by atoms with Gasteiger partial charge in [-0.05, 0) is 24.5 Å². The molecule has 1 N–H and O–H groups in total. The molecule has 0 saturated carbocycles. The zero-order valence-electron chi connectivity index (χ0n) is 11.5. The molecular weight excluding hydrogens is 243 g/mol. The summed E-state index contributed by atoms with van der Waals surface area (Å²) in [5.74, 6) is -0.0548. The van der Waals surface area contributed by atoms with Crippen LogP contribution < -0.4 is 5.32 Å². The van der Waals surface area contributed by atoms with Crippen molar-refractivity contribution in [3.8, 4) is 0 Å². The fraction of sp³-hybridized carbons (Fsp3) is 0.533. The SMILES string of the molecule is CC(C)CC1CN(C(=O)c2ccccc2F)CCN1. The van der Waals surface area contributed by atoms with Gasteiger partial charge in [0, 0.05) is 25.7 Å². The Hall–Kier alpha value is -1.42. The summed E-state index contributed by atoms with van der Waals surface area (Å²) in [6.45, 7) is 6.41. The van der Waals surface area contributed by atoms with E-state index >= 15 is 0 Å². The van der Waals surface area contributed by atoms with Gasteiger partial charge in [0.2, 0.25) is 0 Å². The second-order valence-corrected chi connectivity index (χ2v) is 5.51. The van der Waals surface area contributed by atoms with Crippen LogP contribution in [0.4, 0.5) is 4.39 Å². The molecule has 4 heteroatoms. The van der Waals surface area contributed by atoms with Gasteiger partial charge in [0.05, 0.1) is 5.56 Å². The molecule has 1 aliphatic heterocycles. The molecule has 104 valence electrons. The summed E-state index contributed by atoms with van der Waals surface area (Å²) in [6.07, 6.45) is 1.03. The Morgan fingerprint density at radius 1 is 1.47 bits per heavy atom. The van der Waals surface area contributed by atoms with Crippen molar-refractivity contribution in [2.75, 3.05) is 19.6 Å². The Balaban J connectivity index is 2.05. The van der Waals surface area contributed by atoms with E-state index in [1.54, 1.807) is 23.1 Å². The summed E-state index contributed by atoms with van der Waals surface area (Å²) in [5, 5.41) is 3.41. The summed E-state index contributed by atoms with van der Waals surface area (Å²) in [6, 6.07) is 6.50. The number of rotatable bonds is 3. The van der Waals surface area contributed by atoms with Crippen molar-refractivity contribution in [3.63, 3.8) is 0 Å². The van der Waals surface area contributed by atoms with Crippen LogP contribution in [0.3, 0.4) is 0 Å². The van der Waals surface area contributed by atoms with E-state index in [1.165, 1.54) is 6.07 Å². The van der Waals surface area contributed by atoms with Crippen molar-refractivity contribution in [1.82, 2.24) is 10.2 Å². The van der Waals surface area contributed by atoms with E-state index < -0.39 is 5.82 Å². The van der Waals surface area contributed by atoms with Gasteiger partial charge in [0.1, 0.15) is 5.82 Å². The minimum atomic E-state index is -0.438. The highest BCUT2D eigenvalue weighted by molar-refractivity contribution is 5.94. The maximum atomic E-state index is 13.6. The number of hydrogen-bond acceptors (Lipinski definition) is 2. The smallest absolute Gasteiger partial charge is 0.256 e. The summed E-state index contributed by atoms with van der Waals surface area (Å²) < 4.78 is 13.6. The van der Waals surface area contributed by atoms with E-state index in [0.29, 0.717) is 25.0 Å². The zero-order valence-corrected chi connectivity index (χ0v) is 11.5. The van der Waals surface area contributed by atoms with Crippen molar-refractivity contribution >= 4 is 5.91 Å². The van der Waals surface area contributed by atoms with E-state index in [2.05, 4.69) is 19.2 Å². The Kier molecular flexibility index (Phi) is 4.53. The van der Waals surface area contributed by atoms with Crippen LogP contribution in [0, 0.1) is 11.7 Å².